The van der Waals surface area contributed by atoms with Gasteiger partial charge in [-0.25, -0.2) is 0 Å². The molecule has 0 amide bonds. The lowest BCUT2D eigenvalue weighted by atomic mass is 9.73. The first-order chi connectivity index (χ1) is 21.5. The fraction of sp³-hybridized carbons (Fsp3) is 0.0909. The van der Waals surface area contributed by atoms with Crippen molar-refractivity contribution in [3.63, 3.8) is 0 Å². The van der Waals surface area contributed by atoms with E-state index in [1.807, 2.05) is 24.3 Å². The van der Waals surface area contributed by atoms with Crippen LogP contribution >= 0.6 is 0 Å². The summed E-state index contributed by atoms with van der Waals surface area (Å²) in [5, 5.41) is 4.31. The van der Waals surface area contributed by atoms with Gasteiger partial charge in [-0.2, -0.15) is 0 Å². The summed E-state index contributed by atoms with van der Waals surface area (Å²) in [7, 11) is 0. The molecule has 6 rings (SSSR count). The minimum absolute atomic E-state index is 0.103. The van der Waals surface area contributed by atoms with Crippen molar-refractivity contribution in [1.82, 2.24) is 0 Å². The standard InChI is InChI=1S/C44H38/c1-7-35(38-20-12-10-17-30(38)5)33-26-25-29(4)34(28-33)27-31(6)43-36(8-2)37(9-3)44(42-23-15-14-22-41(42)43)40-24-16-19-32-18-11-13-21-39(32)40/h7-28,32,35,38-39H,1-6H2/b34-27-. The molecule has 44 heavy (non-hydrogen) atoms. The van der Waals surface area contributed by atoms with E-state index in [1.165, 1.54) is 22.1 Å². The van der Waals surface area contributed by atoms with E-state index in [9.17, 15) is 0 Å². The van der Waals surface area contributed by atoms with Gasteiger partial charge in [0.15, 0.2) is 0 Å². The Bertz CT molecular complexity index is 2030. The van der Waals surface area contributed by atoms with E-state index in [4.69, 9.17) is 0 Å². The molecule has 0 aromatic heterocycles. The summed E-state index contributed by atoms with van der Waals surface area (Å²) in [5.74, 6) is 0.878. The molecule has 0 bridgehead atoms. The third kappa shape index (κ3) is 5.03. The number of hydrogen-bond donors (Lipinski definition) is 0. The highest BCUT2D eigenvalue weighted by molar-refractivity contribution is 6.10. The van der Waals surface area contributed by atoms with Gasteiger partial charge in [-0.05, 0) is 71.8 Å². The molecule has 3 aliphatic carbocycles. The van der Waals surface area contributed by atoms with Gasteiger partial charge in [0.25, 0.3) is 0 Å². The van der Waals surface area contributed by atoms with Crippen LogP contribution in [0.25, 0.3) is 46.7 Å². The average molecular weight is 567 g/mol. The van der Waals surface area contributed by atoms with Gasteiger partial charge in [-0.15, -0.1) is 6.58 Å². The SMILES string of the molecule is C=Cc1c(C=C)c(C2=CC=CC3C=CC=CC23)c2ccccc2c1C(=C)/C=c1/cc(C(C=C)C2C=CC=CC2=C)ccc1=C. The molecule has 4 atom stereocenters. The van der Waals surface area contributed by atoms with Gasteiger partial charge < -0.3 is 0 Å². The summed E-state index contributed by atoms with van der Waals surface area (Å²) in [4.78, 5) is 0. The van der Waals surface area contributed by atoms with Crippen molar-refractivity contribution in [2.24, 2.45) is 17.8 Å². The van der Waals surface area contributed by atoms with Crippen LogP contribution in [0.1, 0.15) is 33.7 Å². The molecule has 0 radical (unpaired) electrons. The van der Waals surface area contributed by atoms with E-state index in [-0.39, 0.29) is 17.8 Å². The van der Waals surface area contributed by atoms with E-state index in [2.05, 4.69) is 149 Å². The zero-order valence-electron chi connectivity index (χ0n) is 25.3. The highest BCUT2D eigenvalue weighted by Gasteiger charge is 2.28. The van der Waals surface area contributed by atoms with Crippen molar-refractivity contribution < 1.29 is 0 Å². The fourth-order valence-corrected chi connectivity index (χ4v) is 6.98. The molecule has 0 saturated carbocycles. The number of benzene rings is 3. The highest BCUT2D eigenvalue weighted by Crippen LogP contribution is 2.45. The van der Waals surface area contributed by atoms with Crippen molar-refractivity contribution in [2.45, 2.75) is 5.92 Å². The number of rotatable bonds is 8. The topological polar surface area (TPSA) is 0 Å². The first-order valence-corrected chi connectivity index (χ1v) is 15.2. The molecule has 0 heteroatoms. The minimum atomic E-state index is 0.103. The molecular formula is C44H38. The Morgan fingerprint density at radius 2 is 1.50 bits per heavy atom. The second kappa shape index (κ2) is 12.2. The molecule has 3 aromatic rings. The van der Waals surface area contributed by atoms with Crippen molar-refractivity contribution in [3.05, 3.63) is 192 Å². The maximum absolute atomic E-state index is 4.63. The van der Waals surface area contributed by atoms with Crippen LogP contribution in [0.4, 0.5) is 0 Å². The summed E-state index contributed by atoms with van der Waals surface area (Å²) in [6.45, 7) is 26.1. The predicted molar refractivity (Wildman–Crippen MR) is 195 cm³/mol. The molecule has 0 aliphatic heterocycles. The second-order valence-corrected chi connectivity index (χ2v) is 11.6. The first-order valence-electron chi connectivity index (χ1n) is 15.2. The zero-order chi connectivity index (χ0) is 30.8. The van der Waals surface area contributed by atoms with Crippen molar-refractivity contribution in [3.8, 4) is 0 Å². The normalized spacial score (nSPS) is 21.2. The summed E-state index contributed by atoms with van der Waals surface area (Å²) in [6.07, 6.45) is 32.1. The molecule has 0 heterocycles. The Labute approximate surface area is 261 Å². The summed E-state index contributed by atoms with van der Waals surface area (Å²) in [6, 6.07) is 15.1. The minimum Gasteiger partial charge on any atom is -0.102 e. The van der Waals surface area contributed by atoms with Crippen molar-refractivity contribution in [1.29, 1.82) is 0 Å². The quantitative estimate of drug-likeness (QED) is 0.238. The van der Waals surface area contributed by atoms with E-state index in [0.717, 1.165) is 43.7 Å². The second-order valence-electron chi connectivity index (χ2n) is 11.6. The molecule has 3 aromatic carbocycles. The third-order valence-corrected chi connectivity index (χ3v) is 9.15. The van der Waals surface area contributed by atoms with Gasteiger partial charge in [0.2, 0.25) is 0 Å². The van der Waals surface area contributed by atoms with Gasteiger partial charge in [-0.1, -0.05) is 160 Å². The molecule has 0 N–H and O–H groups in total. The van der Waals surface area contributed by atoms with Crippen molar-refractivity contribution >= 4 is 46.7 Å². The molecule has 0 saturated heterocycles. The molecule has 3 aliphatic rings. The molecular weight excluding hydrogens is 528 g/mol. The number of fused-ring (bicyclic) bond motifs is 2. The first kappa shape index (κ1) is 28.9. The highest BCUT2D eigenvalue weighted by atomic mass is 14.3. The Morgan fingerprint density at radius 3 is 2.25 bits per heavy atom. The maximum Gasteiger partial charge on any atom is 0.0125 e. The summed E-state index contributed by atoms with van der Waals surface area (Å²) < 4.78 is 0. The van der Waals surface area contributed by atoms with Gasteiger partial charge in [0, 0.05) is 23.7 Å². The van der Waals surface area contributed by atoms with Crippen LogP contribution < -0.4 is 10.4 Å². The predicted octanol–water partition coefficient (Wildman–Crippen LogP) is 9.91. The fourth-order valence-electron chi connectivity index (χ4n) is 6.98. The number of allylic oxidation sites excluding steroid dienone is 15. The van der Waals surface area contributed by atoms with Crippen LogP contribution in [0.3, 0.4) is 0 Å². The maximum atomic E-state index is 4.63. The lowest BCUT2D eigenvalue weighted by Crippen LogP contribution is -2.25. The monoisotopic (exact) mass is 566 g/mol. The lowest BCUT2D eigenvalue weighted by Gasteiger charge is -2.30. The van der Waals surface area contributed by atoms with Crippen LogP contribution in [0.15, 0.2) is 154 Å². The van der Waals surface area contributed by atoms with Crippen LogP contribution in [-0.2, 0) is 0 Å². The van der Waals surface area contributed by atoms with Crippen LogP contribution in [-0.4, -0.2) is 0 Å². The third-order valence-electron chi connectivity index (χ3n) is 9.15. The van der Waals surface area contributed by atoms with Gasteiger partial charge >= 0.3 is 0 Å². The van der Waals surface area contributed by atoms with E-state index in [1.54, 1.807) is 0 Å². The molecule has 0 fully saturated rings. The Hall–Kier alpha value is -5.20. The van der Waals surface area contributed by atoms with Gasteiger partial charge in [-0.3, -0.25) is 0 Å². The summed E-state index contributed by atoms with van der Waals surface area (Å²) in [5.41, 5.74) is 8.86. The Kier molecular flexibility index (Phi) is 8.01. The molecule has 4 unspecified atom stereocenters. The molecule has 214 valence electrons. The van der Waals surface area contributed by atoms with E-state index >= 15 is 0 Å². The van der Waals surface area contributed by atoms with Crippen LogP contribution in [0.2, 0.25) is 0 Å². The van der Waals surface area contributed by atoms with Gasteiger partial charge in [0.1, 0.15) is 0 Å². The van der Waals surface area contributed by atoms with Crippen molar-refractivity contribution in [2.75, 3.05) is 0 Å². The smallest absolute Gasteiger partial charge is 0.0125 e. The van der Waals surface area contributed by atoms with Gasteiger partial charge in [0.05, 0.1) is 0 Å². The molecule has 0 nitrogen and oxygen atoms in total. The average Bonchev–Trinajstić information content (AvgIpc) is 3.05. The number of hydrogen-bond acceptors (Lipinski definition) is 0. The Balaban J connectivity index is 1.53. The largest absolute Gasteiger partial charge is 0.102 e. The molecule has 0 spiro atoms. The summed E-state index contributed by atoms with van der Waals surface area (Å²) >= 11 is 0. The van der Waals surface area contributed by atoms with Crippen LogP contribution in [0, 0.1) is 17.8 Å². The van der Waals surface area contributed by atoms with E-state index in [0.29, 0.717) is 5.92 Å². The van der Waals surface area contributed by atoms with E-state index < -0.39 is 0 Å². The zero-order valence-corrected chi connectivity index (χ0v) is 25.3. The Morgan fingerprint density at radius 1 is 0.773 bits per heavy atom. The van der Waals surface area contributed by atoms with Crippen LogP contribution in [0.5, 0.6) is 0 Å². The lowest BCUT2D eigenvalue weighted by molar-refractivity contribution is 0.678.